The van der Waals surface area contributed by atoms with E-state index in [0.29, 0.717) is 0 Å². The Morgan fingerprint density at radius 3 is 2.50 bits per heavy atom. The van der Waals surface area contributed by atoms with Gasteiger partial charge in [0.1, 0.15) is 0 Å². The van der Waals surface area contributed by atoms with Crippen LogP contribution in [0.1, 0.15) is 24.4 Å². The average molecular weight is 213 g/mol. The van der Waals surface area contributed by atoms with E-state index in [0.717, 1.165) is 30.5 Å². The van der Waals surface area contributed by atoms with Gasteiger partial charge in [0.15, 0.2) is 5.13 Å². The molecule has 14 heavy (non-hydrogen) atoms. The molecule has 0 spiro atoms. The molecule has 0 aliphatic heterocycles. The molecule has 80 valence electrons. The quantitative estimate of drug-likeness (QED) is 0.811. The Morgan fingerprint density at radius 2 is 2.00 bits per heavy atom. The second kappa shape index (κ2) is 5.32. The molecule has 4 heteroatoms. The molecule has 0 amide bonds. The van der Waals surface area contributed by atoms with Gasteiger partial charge in [-0.25, -0.2) is 4.98 Å². The van der Waals surface area contributed by atoms with Crippen LogP contribution in [0.15, 0.2) is 0 Å². The number of hydrogen-bond donors (Lipinski definition) is 1. The number of anilines is 1. The molecule has 0 aliphatic carbocycles. The average Bonchev–Trinajstić information content (AvgIpc) is 2.51. The summed E-state index contributed by atoms with van der Waals surface area (Å²) in [5.41, 5.74) is 1.16. The topological polar surface area (TPSA) is 28.2 Å². The highest BCUT2D eigenvalue weighted by Crippen LogP contribution is 2.25. The van der Waals surface area contributed by atoms with Crippen LogP contribution in [0.3, 0.4) is 0 Å². The molecule has 0 aromatic carbocycles. The SMILES string of the molecule is CCN(CC)c1nc(C)c(CNC)s1. The Morgan fingerprint density at radius 1 is 1.36 bits per heavy atom. The molecule has 0 saturated carbocycles. The molecule has 1 heterocycles. The predicted molar refractivity (Wildman–Crippen MR) is 63.2 cm³/mol. The van der Waals surface area contributed by atoms with E-state index in [1.54, 1.807) is 11.3 Å². The maximum atomic E-state index is 4.58. The van der Waals surface area contributed by atoms with E-state index in [4.69, 9.17) is 0 Å². The molecule has 3 nitrogen and oxygen atoms in total. The third kappa shape index (κ3) is 2.45. The van der Waals surface area contributed by atoms with Crippen LogP contribution in [0.5, 0.6) is 0 Å². The number of thiazole rings is 1. The van der Waals surface area contributed by atoms with Crippen LogP contribution in [0, 0.1) is 6.92 Å². The maximum Gasteiger partial charge on any atom is 0.185 e. The van der Waals surface area contributed by atoms with Crippen molar-refractivity contribution in [1.29, 1.82) is 0 Å². The minimum Gasteiger partial charge on any atom is -0.349 e. The van der Waals surface area contributed by atoms with Crippen molar-refractivity contribution in [2.45, 2.75) is 27.3 Å². The van der Waals surface area contributed by atoms with Crippen molar-refractivity contribution < 1.29 is 0 Å². The third-order valence-electron chi connectivity index (χ3n) is 2.25. The van der Waals surface area contributed by atoms with Gasteiger partial charge in [0, 0.05) is 24.5 Å². The van der Waals surface area contributed by atoms with E-state index in [-0.39, 0.29) is 0 Å². The third-order valence-corrected chi connectivity index (χ3v) is 3.47. The number of hydrogen-bond acceptors (Lipinski definition) is 4. The van der Waals surface area contributed by atoms with Gasteiger partial charge in [0.25, 0.3) is 0 Å². The van der Waals surface area contributed by atoms with E-state index in [2.05, 4.69) is 36.0 Å². The van der Waals surface area contributed by atoms with Gasteiger partial charge >= 0.3 is 0 Å². The molecule has 0 radical (unpaired) electrons. The summed E-state index contributed by atoms with van der Waals surface area (Å²) in [7, 11) is 1.97. The van der Waals surface area contributed by atoms with E-state index in [1.807, 2.05) is 7.05 Å². The highest BCUT2D eigenvalue weighted by atomic mass is 32.1. The minimum absolute atomic E-state index is 0.921. The Balaban J connectivity index is 2.83. The lowest BCUT2D eigenvalue weighted by atomic mass is 10.4. The summed E-state index contributed by atoms with van der Waals surface area (Å²) in [5, 5.41) is 4.32. The Labute approximate surface area is 90.2 Å². The molecule has 0 atom stereocenters. The monoisotopic (exact) mass is 213 g/mol. The highest BCUT2D eigenvalue weighted by molar-refractivity contribution is 7.15. The zero-order valence-electron chi connectivity index (χ0n) is 9.42. The fraction of sp³-hybridized carbons (Fsp3) is 0.700. The second-order valence-electron chi connectivity index (χ2n) is 3.21. The van der Waals surface area contributed by atoms with Gasteiger partial charge in [0.05, 0.1) is 5.69 Å². The minimum atomic E-state index is 0.921. The molecule has 1 rings (SSSR count). The molecule has 1 aromatic heterocycles. The van der Waals surface area contributed by atoms with Crippen molar-refractivity contribution >= 4 is 16.5 Å². The molecule has 0 saturated heterocycles. The number of aryl methyl sites for hydroxylation is 1. The molecular weight excluding hydrogens is 194 g/mol. The largest absolute Gasteiger partial charge is 0.349 e. The van der Waals surface area contributed by atoms with Gasteiger partial charge in [0.2, 0.25) is 0 Å². The molecule has 0 fully saturated rings. The fourth-order valence-electron chi connectivity index (χ4n) is 1.37. The highest BCUT2D eigenvalue weighted by Gasteiger charge is 2.10. The summed E-state index contributed by atoms with van der Waals surface area (Å²) < 4.78 is 0. The molecule has 1 N–H and O–H groups in total. The Kier molecular flexibility index (Phi) is 4.35. The summed E-state index contributed by atoms with van der Waals surface area (Å²) in [4.78, 5) is 8.21. The molecule has 0 unspecified atom stereocenters. The van der Waals surface area contributed by atoms with Crippen molar-refractivity contribution in [3.8, 4) is 0 Å². The first kappa shape index (κ1) is 11.5. The van der Waals surface area contributed by atoms with Crippen LogP contribution < -0.4 is 10.2 Å². The van der Waals surface area contributed by atoms with Crippen molar-refractivity contribution in [3.63, 3.8) is 0 Å². The number of rotatable bonds is 5. The predicted octanol–water partition coefficient (Wildman–Crippen LogP) is 2.02. The van der Waals surface area contributed by atoms with Crippen molar-refractivity contribution in [1.82, 2.24) is 10.3 Å². The first-order valence-corrected chi connectivity index (χ1v) is 5.90. The molecule has 0 aliphatic rings. The van der Waals surface area contributed by atoms with E-state index in [1.165, 1.54) is 4.88 Å². The van der Waals surface area contributed by atoms with Gasteiger partial charge in [-0.15, -0.1) is 11.3 Å². The summed E-state index contributed by atoms with van der Waals surface area (Å²) >= 11 is 1.79. The number of aromatic nitrogens is 1. The van der Waals surface area contributed by atoms with Crippen LogP contribution in [0.2, 0.25) is 0 Å². The maximum absolute atomic E-state index is 4.58. The summed E-state index contributed by atoms with van der Waals surface area (Å²) in [5.74, 6) is 0. The summed E-state index contributed by atoms with van der Waals surface area (Å²) in [6.45, 7) is 9.39. The van der Waals surface area contributed by atoms with Crippen LogP contribution in [-0.2, 0) is 6.54 Å². The summed E-state index contributed by atoms with van der Waals surface area (Å²) in [6, 6.07) is 0. The molecular formula is C10H19N3S. The normalized spacial score (nSPS) is 10.6. The second-order valence-corrected chi connectivity index (χ2v) is 4.27. The molecule has 1 aromatic rings. The van der Waals surface area contributed by atoms with Crippen LogP contribution in [0.25, 0.3) is 0 Å². The van der Waals surface area contributed by atoms with Gasteiger partial charge in [-0.2, -0.15) is 0 Å². The van der Waals surface area contributed by atoms with E-state index < -0.39 is 0 Å². The van der Waals surface area contributed by atoms with Gasteiger partial charge in [-0.1, -0.05) is 0 Å². The number of nitrogens with one attached hydrogen (secondary N) is 1. The van der Waals surface area contributed by atoms with Crippen LogP contribution in [0.4, 0.5) is 5.13 Å². The Bertz CT molecular complexity index is 279. The lowest BCUT2D eigenvalue weighted by Gasteiger charge is -2.16. The fourth-order valence-corrected chi connectivity index (χ4v) is 2.57. The number of nitrogens with zero attached hydrogens (tertiary/aromatic N) is 2. The first-order valence-electron chi connectivity index (χ1n) is 5.08. The zero-order chi connectivity index (χ0) is 10.6. The smallest absolute Gasteiger partial charge is 0.185 e. The lowest BCUT2D eigenvalue weighted by molar-refractivity contribution is 0.821. The lowest BCUT2D eigenvalue weighted by Crippen LogP contribution is -2.21. The van der Waals surface area contributed by atoms with Gasteiger partial charge in [-0.3, -0.25) is 0 Å². The Hall–Kier alpha value is -0.610. The van der Waals surface area contributed by atoms with Gasteiger partial charge < -0.3 is 10.2 Å². The van der Waals surface area contributed by atoms with Crippen molar-refractivity contribution in [3.05, 3.63) is 10.6 Å². The molecule has 0 bridgehead atoms. The van der Waals surface area contributed by atoms with E-state index >= 15 is 0 Å². The van der Waals surface area contributed by atoms with Crippen LogP contribution >= 0.6 is 11.3 Å². The zero-order valence-corrected chi connectivity index (χ0v) is 10.2. The first-order chi connectivity index (χ1) is 6.72. The van der Waals surface area contributed by atoms with Crippen LogP contribution in [-0.4, -0.2) is 25.1 Å². The van der Waals surface area contributed by atoms with E-state index in [9.17, 15) is 0 Å². The van der Waals surface area contributed by atoms with Crippen molar-refractivity contribution in [2.75, 3.05) is 25.0 Å². The summed E-state index contributed by atoms with van der Waals surface area (Å²) in [6.07, 6.45) is 0. The van der Waals surface area contributed by atoms with Crippen molar-refractivity contribution in [2.24, 2.45) is 0 Å². The standard InChI is InChI=1S/C10H19N3S/c1-5-13(6-2)10-12-8(3)9(14-10)7-11-4/h11H,5-7H2,1-4H3. The van der Waals surface area contributed by atoms with Gasteiger partial charge in [-0.05, 0) is 27.8 Å².